The third-order valence-corrected chi connectivity index (χ3v) is 6.67. The molecule has 0 amide bonds. The number of ether oxygens (including phenoxy) is 1. The lowest BCUT2D eigenvalue weighted by Gasteiger charge is -2.40. The first-order chi connectivity index (χ1) is 16.7. The van der Waals surface area contributed by atoms with E-state index in [1.807, 2.05) is 19.1 Å². The Hall–Kier alpha value is -2.66. The summed E-state index contributed by atoms with van der Waals surface area (Å²) < 4.78 is 8.37. The molecule has 0 bridgehead atoms. The zero-order valence-electron chi connectivity index (χ0n) is 19.2. The lowest BCUT2D eigenvalue weighted by molar-refractivity contribution is -0.231. The summed E-state index contributed by atoms with van der Waals surface area (Å²) in [5, 5.41) is 50.6. The third kappa shape index (κ3) is 5.02. The average molecular weight is 505 g/mol. The first-order valence-electron chi connectivity index (χ1n) is 11.4. The SMILES string of the molecule is CCCn1c(O)cn(-c2ccc(Cc3cc(C4OC(CO)C(O)C(O)C4O)ccc3Cl)cc2)c1=O. The Bertz CT molecular complexity index is 1220. The van der Waals surface area contributed by atoms with Gasteiger partial charge in [0.2, 0.25) is 5.88 Å². The molecular formula is C25H29ClN2O7. The highest BCUT2D eigenvalue weighted by Gasteiger charge is 2.44. The highest BCUT2D eigenvalue weighted by molar-refractivity contribution is 6.31. The van der Waals surface area contributed by atoms with Crippen molar-refractivity contribution < 1.29 is 30.3 Å². The summed E-state index contributed by atoms with van der Waals surface area (Å²) in [5.74, 6) is -0.0854. The van der Waals surface area contributed by atoms with Crippen molar-refractivity contribution in [2.75, 3.05) is 6.61 Å². The standard InChI is InChI=1S/C25H29ClN2O7/c1-2-9-27-20(30)12-28(25(27)34)17-6-3-14(4-7-17)10-16-11-15(5-8-18(16)26)24-23(33)22(32)21(31)19(13-29)35-24/h3-8,11-12,19,21-24,29-33H,2,9-10,13H2,1H3. The van der Waals surface area contributed by atoms with Crippen LogP contribution in [-0.2, 0) is 17.7 Å². The van der Waals surface area contributed by atoms with E-state index < -0.39 is 37.1 Å². The molecule has 10 heteroatoms. The van der Waals surface area contributed by atoms with Crippen molar-refractivity contribution in [1.29, 1.82) is 0 Å². The normalized spacial score (nSPS) is 24.6. The molecule has 35 heavy (non-hydrogen) atoms. The molecule has 1 saturated heterocycles. The maximum Gasteiger partial charge on any atom is 0.335 e. The molecule has 4 rings (SSSR count). The Morgan fingerprint density at radius 1 is 1.03 bits per heavy atom. The quantitative estimate of drug-likeness (QED) is 0.329. The van der Waals surface area contributed by atoms with Gasteiger partial charge in [0.05, 0.1) is 18.5 Å². The summed E-state index contributed by atoms with van der Waals surface area (Å²) in [4.78, 5) is 12.6. The van der Waals surface area contributed by atoms with E-state index in [2.05, 4.69) is 0 Å². The largest absolute Gasteiger partial charge is 0.493 e. The summed E-state index contributed by atoms with van der Waals surface area (Å²) in [5.41, 5.74) is 2.51. The summed E-state index contributed by atoms with van der Waals surface area (Å²) in [6.07, 6.45) is -3.65. The Labute approximate surface area is 207 Å². The number of hydrogen-bond donors (Lipinski definition) is 5. The molecule has 2 aromatic carbocycles. The van der Waals surface area contributed by atoms with E-state index >= 15 is 0 Å². The van der Waals surface area contributed by atoms with Gasteiger partial charge >= 0.3 is 5.69 Å². The predicted octanol–water partition coefficient (Wildman–Crippen LogP) is 1.51. The van der Waals surface area contributed by atoms with Crippen molar-refractivity contribution in [3.63, 3.8) is 0 Å². The van der Waals surface area contributed by atoms with Gasteiger partial charge in [-0.15, -0.1) is 0 Å². The van der Waals surface area contributed by atoms with E-state index in [9.17, 15) is 30.3 Å². The van der Waals surface area contributed by atoms with Gasteiger partial charge in [0.25, 0.3) is 0 Å². The van der Waals surface area contributed by atoms with Crippen molar-refractivity contribution in [2.45, 2.75) is 56.8 Å². The molecule has 5 unspecified atom stereocenters. The van der Waals surface area contributed by atoms with Gasteiger partial charge in [-0.05, 0) is 47.7 Å². The van der Waals surface area contributed by atoms with Gasteiger partial charge in [-0.1, -0.05) is 42.8 Å². The topological polar surface area (TPSA) is 137 Å². The minimum absolute atomic E-state index is 0.0854. The van der Waals surface area contributed by atoms with Crippen molar-refractivity contribution in [1.82, 2.24) is 9.13 Å². The van der Waals surface area contributed by atoms with Crippen LogP contribution in [0, 0.1) is 0 Å². The Morgan fingerprint density at radius 3 is 2.40 bits per heavy atom. The van der Waals surface area contributed by atoms with Crippen LogP contribution in [0.15, 0.2) is 53.5 Å². The molecule has 0 aliphatic carbocycles. The van der Waals surface area contributed by atoms with E-state index in [0.717, 1.165) is 17.5 Å². The average Bonchev–Trinajstić information content (AvgIpc) is 3.13. The lowest BCUT2D eigenvalue weighted by Crippen LogP contribution is -2.55. The van der Waals surface area contributed by atoms with Crippen LogP contribution in [0.25, 0.3) is 5.69 Å². The maximum atomic E-state index is 12.6. The number of nitrogens with zero attached hydrogens (tertiary/aromatic N) is 2. The maximum absolute atomic E-state index is 12.6. The smallest absolute Gasteiger partial charge is 0.335 e. The summed E-state index contributed by atoms with van der Waals surface area (Å²) in [6.45, 7) is 1.85. The van der Waals surface area contributed by atoms with Crippen LogP contribution >= 0.6 is 11.6 Å². The molecule has 5 N–H and O–H groups in total. The zero-order chi connectivity index (χ0) is 25.3. The van der Waals surface area contributed by atoms with Crippen LogP contribution < -0.4 is 5.69 Å². The molecule has 0 saturated carbocycles. The van der Waals surface area contributed by atoms with Crippen LogP contribution in [0.5, 0.6) is 5.88 Å². The first kappa shape index (κ1) is 25.4. The van der Waals surface area contributed by atoms with Crippen LogP contribution in [0.1, 0.15) is 36.1 Å². The van der Waals surface area contributed by atoms with Gasteiger partial charge < -0.3 is 30.3 Å². The van der Waals surface area contributed by atoms with Gasteiger partial charge in [-0.3, -0.25) is 9.13 Å². The van der Waals surface area contributed by atoms with Crippen molar-refractivity contribution in [2.24, 2.45) is 0 Å². The van der Waals surface area contributed by atoms with Gasteiger partial charge in [-0.2, -0.15) is 0 Å². The van der Waals surface area contributed by atoms with Gasteiger partial charge in [0, 0.05) is 11.6 Å². The second kappa shape index (κ2) is 10.5. The molecule has 0 spiro atoms. The van der Waals surface area contributed by atoms with Gasteiger partial charge in [-0.25, -0.2) is 4.79 Å². The number of hydrogen-bond acceptors (Lipinski definition) is 7. The number of halogens is 1. The monoisotopic (exact) mass is 504 g/mol. The predicted molar refractivity (Wildman–Crippen MR) is 129 cm³/mol. The van der Waals surface area contributed by atoms with Crippen molar-refractivity contribution in [3.8, 4) is 11.6 Å². The van der Waals surface area contributed by atoms with Crippen LogP contribution in [-0.4, -0.2) is 65.7 Å². The molecule has 2 heterocycles. The van der Waals surface area contributed by atoms with E-state index in [-0.39, 0.29) is 11.6 Å². The van der Waals surface area contributed by atoms with Crippen LogP contribution in [0.3, 0.4) is 0 Å². The van der Waals surface area contributed by atoms with Crippen LogP contribution in [0.2, 0.25) is 5.02 Å². The molecule has 1 aromatic heterocycles. The molecule has 1 aliphatic heterocycles. The van der Waals surface area contributed by atoms with Gasteiger partial charge in [0.1, 0.15) is 30.5 Å². The number of aromatic nitrogens is 2. The second-order valence-corrected chi connectivity index (χ2v) is 9.14. The van der Waals surface area contributed by atoms with Crippen molar-refractivity contribution in [3.05, 3.63) is 80.9 Å². The Morgan fingerprint density at radius 2 is 1.74 bits per heavy atom. The highest BCUT2D eigenvalue weighted by atomic mass is 35.5. The highest BCUT2D eigenvalue weighted by Crippen LogP contribution is 2.34. The Kier molecular flexibility index (Phi) is 7.65. The number of aliphatic hydroxyl groups is 4. The second-order valence-electron chi connectivity index (χ2n) is 8.74. The zero-order valence-corrected chi connectivity index (χ0v) is 19.9. The molecule has 0 radical (unpaired) electrons. The van der Waals surface area contributed by atoms with E-state index in [1.54, 1.807) is 30.3 Å². The van der Waals surface area contributed by atoms with Gasteiger partial charge in [0.15, 0.2) is 0 Å². The summed E-state index contributed by atoms with van der Waals surface area (Å²) in [6, 6.07) is 12.4. The van der Waals surface area contributed by atoms with Crippen molar-refractivity contribution >= 4 is 11.6 Å². The molecule has 9 nitrogen and oxygen atoms in total. The number of aliphatic hydroxyl groups excluding tert-OH is 4. The first-order valence-corrected chi connectivity index (χ1v) is 11.8. The van der Waals surface area contributed by atoms with E-state index in [4.69, 9.17) is 16.3 Å². The van der Waals surface area contributed by atoms with E-state index in [1.165, 1.54) is 15.3 Å². The number of benzene rings is 2. The molecule has 5 atom stereocenters. The summed E-state index contributed by atoms with van der Waals surface area (Å²) >= 11 is 6.42. The number of rotatable bonds is 7. The Balaban J connectivity index is 1.56. The molecule has 1 aliphatic rings. The minimum atomic E-state index is -1.47. The molecule has 188 valence electrons. The molecule has 3 aromatic rings. The van der Waals surface area contributed by atoms with Crippen LogP contribution in [0.4, 0.5) is 0 Å². The number of aromatic hydroxyl groups is 1. The fourth-order valence-corrected chi connectivity index (χ4v) is 4.55. The summed E-state index contributed by atoms with van der Waals surface area (Å²) in [7, 11) is 0. The lowest BCUT2D eigenvalue weighted by atomic mass is 9.90. The van der Waals surface area contributed by atoms with E-state index in [0.29, 0.717) is 29.2 Å². The molecular weight excluding hydrogens is 476 g/mol. The molecule has 1 fully saturated rings. The third-order valence-electron chi connectivity index (χ3n) is 6.30. The number of imidazole rings is 1. The fourth-order valence-electron chi connectivity index (χ4n) is 4.37. The fraction of sp³-hybridized carbons (Fsp3) is 0.400. The minimum Gasteiger partial charge on any atom is -0.493 e.